The molecule has 0 spiro atoms. The third kappa shape index (κ3) is 3.96. The SMILES string of the molecule is Cc1nc(CSCC(=O)N2CCC[C@H](O)C2)cs1. The monoisotopic (exact) mass is 286 g/mol. The number of likely N-dealkylation sites (tertiary alicyclic amines) is 1. The highest BCUT2D eigenvalue weighted by atomic mass is 32.2. The van der Waals surface area contributed by atoms with Crippen LogP contribution in [0, 0.1) is 6.92 Å². The van der Waals surface area contributed by atoms with Gasteiger partial charge in [-0.3, -0.25) is 4.79 Å². The molecule has 4 nitrogen and oxygen atoms in total. The number of amides is 1. The molecule has 6 heteroatoms. The van der Waals surface area contributed by atoms with Crippen LogP contribution in [0.5, 0.6) is 0 Å². The van der Waals surface area contributed by atoms with E-state index in [2.05, 4.69) is 4.98 Å². The second-order valence-corrected chi connectivity index (χ2v) is 6.53. The molecule has 1 atom stereocenters. The average Bonchev–Trinajstić information content (AvgIpc) is 2.75. The Morgan fingerprint density at radius 3 is 3.22 bits per heavy atom. The van der Waals surface area contributed by atoms with Gasteiger partial charge in [0.1, 0.15) is 0 Å². The number of thioether (sulfide) groups is 1. The molecule has 0 aromatic carbocycles. The standard InChI is InChI=1S/C12H18N2O2S2/c1-9-13-10(7-18-9)6-17-8-12(16)14-4-2-3-11(15)5-14/h7,11,15H,2-6,8H2,1H3/t11-/m0/s1. The number of hydrogen-bond donors (Lipinski definition) is 1. The predicted octanol–water partition coefficient (Wildman–Crippen LogP) is 1.67. The van der Waals surface area contributed by atoms with Crippen molar-refractivity contribution in [2.45, 2.75) is 31.6 Å². The highest BCUT2D eigenvalue weighted by Gasteiger charge is 2.21. The number of thiazole rings is 1. The summed E-state index contributed by atoms with van der Waals surface area (Å²) in [6.45, 7) is 3.26. The van der Waals surface area contributed by atoms with Gasteiger partial charge in [-0.15, -0.1) is 23.1 Å². The summed E-state index contributed by atoms with van der Waals surface area (Å²) >= 11 is 3.23. The predicted molar refractivity (Wildman–Crippen MR) is 74.8 cm³/mol. The number of carbonyl (C=O) groups excluding carboxylic acids is 1. The Balaban J connectivity index is 1.71. The van der Waals surface area contributed by atoms with E-state index in [9.17, 15) is 9.90 Å². The summed E-state index contributed by atoms with van der Waals surface area (Å²) in [6.07, 6.45) is 1.38. The number of rotatable bonds is 4. The van der Waals surface area contributed by atoms with Crippen molar-refractivity contribution in [2.75, 3.05) is 18.8 Å². The van der Waals surface area contributed by atoms with Crippen LogP contribution in [0.4, 0.5) is 0 Å². The molecule has 0 aliphatic carbocycles. The van der Waals surface area contributed by atoms with Gasteiger partial charge >= 0.3 is 0 Å². The van der Waals surface area contributed by atoms with Crippen LogP contribution in [0.1, 0.15) is 23.5 Å². The summed E-state index contributed by atoms with van der Waals surface area (Å²) in [6, 6.07) is 0. The number of hydrogen-bond acceptors (Lipinski definition) is 5. The molecule has 1 amide bonds. The van der Waals surface area contributed by atoms with Crippen molar-refractivity contribution in [3.8, 4) is 0 Å². The summed E-state index contributed by atoms with van der Waals surface area (Å²) < 4.78 is 0. The quantitative estimate of drug-likeness (QED) is 0.915. The molecule has 18 heavy (non-hydrogen) atoms. The van der Waals surface area contributed by atoms with E-state index in [1.54, 1.807) is 28.0 Å². The number of β-amino-alcohol motifs (C(OH)–C–C–N with tert-alkyl or cyclic N) is 1. The molecule has 1 aliphatic heterocycles. The van der Waals surface area contributed by atoms with Gasteiger partial charge < -0.3 is 10.0 Å². The van der Waals surface area contributed by atoms with Gasteiger partial charge in [-0.25, -0.2) is 4.98 Å². The molecular formula is C12H18N2O2S2. The molecule has 1 aromatic heterocycles. The first-order chi connectivity index (χ1) is 8.65. The molecule has 1 saturated heterocycles. The van der Waals surface area contributed by atoms with Crippen molar-refractivity contribution >= 4 is 29.0 Å². The van der Waals surface area contributed by atoms with Gasteiger partial charge in [-0.2, -0.15) is 0 Å². The summed E-state index contributed by atoms with van der Waals surface area (Å²) in [7, 11) is 0. The fourth-order valence-corrected chi connectivity index (χ4v) is 3.52. The maximum absolute atomic E-state index is 11.9. The van der Waals surface area contributed by atoms with Crippen LogP contribution < -0.4 is 0 Å². The van der Waals surface area contributed by atoms with Gasteiger partial charge in [0.2, 0.25) is 5.91 Å². The minimum atomic E-state index is -0.339. The van der Waals surface area contributed by atoms with E-state index in [4.69, 9.17) is 0 Å². The van der Waals surface area contributed by atoms with Crippen molar-refractivity contribution in [1.29, 1.82) is 0 Å². The Morgan fingerprint density at radius 1 is 1.72 bits per heavy atom. The van der Waals surface area contributed by atoms with Gasteiger partial charge in [-0.05, 0) is 19.8 Å². The molecule has 0 radical (unpaired) electrons. The molecule has 100 valence electrons. The minimum absolute atomic E-state index is 0.130. The van der Waals surface area contributed by atoms with Crippen molar-refractivity contribution in [3.05, 3.63) is 16.1 Å². The first kappa shape index (κ1) is 13.8. The highest BCUT2D eigenvalue weighted by Crippen LogP contribution is 2.17. The highest BCUT2D eigenvalue weighted by molar-refractivity contribution is 7.99. The molecule has 2 rings (SSSR count). The van der Waals surface area contributed by atoms with Crippen LogP contribution in [0.15, 0.2) is 5.38 Å². The van der Waals surface area contributed by atoms with Gasteiger partial charge in [0.15, 0.2) is 0 Å². The maximum Gasteiger partial charge on any atom is 0.232 e. The topological polar surface area (TPSA) is 53.4 Å². The number of carbonyl (C=O) groups is 1. The normalized spacial score (nSPS) is 20.1. The third-order valence-corrected chi connectivity index (χ3v) is 4.66. The first-order valence-electron chi connectivity index (χ1n) is 6.10. The van der Waals surface area contributed by atoms with E-state index >= 15 is 0 Å². The van der Waals surface area contributed by atoms with E-state index in [0.29, 0.717) is 12.3 Å². The summed E-state index contributed by atoms with van der Waals surface area (Å²) in [5.74, 6) is 1.39. The fraction of sp³-hybridized carbons (Fsp3) is 0.667. The second-order valence-electron chi connectivity index (χ2n) is 4.49. The van der Waals surface area contributed by atoms with Crippen LogP contribution in [0.2, 0.25) is 0 Å². The fourth-order valence-electron chi connectivity index (χ4n) is 1.99. The van der Waals surface area contributed by atoms with E-state index < -0.39 is 0 Å². The molecule has 0 bridgehead atoms. The van der Waals surface area contributed by atoms with E-state index in [0.717, 1.165) is 35.8 Å². The number of piperidine rings is 1. The average molecular weight is 286 g/mol. The zero-order valence-corrected chi connectivity index (χ0v) is 12.1. The molecule has 2 heterocycles. The van der Waals surface area contributed by atoms with Crippen LogP contribution in [-0.2, 0) is 10.5 Å². The molecule has 1 aromatic rings. The molecule has 0 unspecified atom stereocenters. The van der Waals surface area contributed by atoms with Crippen molar-refractivity contribution in [2.24, 2.45) is 0 Å². The molecule has 1 aliphatic rings. The van der Waals surface area contributed by atoms with Crippen LogP contribution in [-0.4, -0.2) is 45.8 Å². The van der Waals surface area contributed by atoms with Gasteiger partial charge in [-0.1, -0.05) is 0 Å². The van der Waals surface area contributed by atoms with Crippen molar-refractivity contribution in [1.82, 2.24) is 9.88 Å². The first-order valence-corrected chi connectivity index (χ1v) is 8.13. The molecular weight excluding hydrogens is 268 g/mol. The molecule has 1 fully saturated rings. The molecule has 0 saturated carbocycles. The second kappa shape index (κ2) is 6.54. The Bertz CT molecular complexity index is 409. The number of aromatic nitrogens is 1. The van der Waals surface area contributed by atoms with Crippen LogP contribution in [0.3, 0.4) is 0 Å². The lowest BCUT2D eigenvalue weighted by Gasteiger charge is -2.30. The van der Waals surface area contributed by atoms with Crippen LogP contribution >= 0.6 is 23.1 Å². The van der Waals surface area contributed by atoms with Crippen LogP contribution in [0.25, 0.3) is 0 Å². The number of aliphatic hydroxyl groups is 1. The van der Waals surface area contributed by atoms with Crippen molar-refractivity contribution < 1.29 is 9.90 Å². The lowest BCUT2D eigenvalue weighted by molar-refractivity contribution is -0.131. The van der Waals surface area contributed by atoms with Crippen molar-refractivity contribution in [3.63, 3.8) is 0 Å². The summed E-state index contributed by atoms with van der Waals surface area (Å²) in [5.41, 5.74) is 1.05. The lowest BCUT2D eigenvalue weighted by atomic mass is 10.1. The molecule has 1 N–H and O–H groups in total. The van der Waals surface area contributed by atoms with E-state index in [1.807, 2.05) is 12.3 Å². The zero-order chi connectivity index (χ0) is 13.0. The Hall–Kier alpha value is -0.590. The lowest BCUT2D eigenvalue weighted by Crippen LogP contribution is -2.43. The summed E-state index contributed by atoms with van der Waals surface area (Å²) in [4.78, 5) is 18.1. The van der Waals surface area contributed by atoms with Gasteiger partial charge in [0, 0.05) is 24.2 Å². The largest absolute Gasteiger partial charge is 0.391 e. The summed E-state index contributed by atoms with van der Waals surface area (Å²) in [5, 5.41) is 12.6. The Kier molecular flexibility index (Phi) is 5.03. The number of aryl methyl sites for hydroxylation is 1. The number of aliphatic hydroxyl groups excluding tert-OH is 1. The van der Waals surface area contributed by atoms with Gasteiger partial charge in [0.25, 0.3) is 0 Å². The third-order valence-electron chi connectivity index (χ3n) is 2.89. The zero-order valence-electron chi connectivity index (χ0n) is 10.5. The van der Waals surface area contributed by atoms with E-state index in [1.165, 1.54) is 0 Å². The number of nitrogens with zero attached hydrogens (tertiary/aromatic N) is 2. The maximum atomic E-state index is 11.9. The smallest absolute Gasteiger partial charge is 0.232 e. The minimum Gasteiger partial charge on any atom is -0.391 e. The Morgan fingerprint density at radius 2 is 2.56 bits per heavy atom. The Labute approximate surface area is 115 Å². The van der Waals surface area contributed by atoms with Gasteiger partial charge in [0.05, 0.1) is 22.6 Å². The van der Waals surface area contributed by atoms with E-state index in [-0.39, 0.29) is 12.0 Å².